The highest BCUT2D eigenvalue weighted by molar-refractivity contribution is 14.1. The molecule has 4 nitrogen and oxygen atoms in total. The first-order chi connectivity index (χ1) is 15.2. The Kier molecular flexibility index (Phi) is 4.35. The largest absolute Gasteiger partial charge is 0.355 e. The van der Waals surface area contributed by atoms with Gasteiger partial charge in [0.25, 0.3) is 0 Å². The summed E-state index contributed by atoms with van der Waals surface area (Å²) >= 11 is 2.45. The first-order valence-corrected chi connectivity index (χ1v) is 11.2. The molecule has 1 aliphatic rings. The van der Waals surface area contributed by atoms with Crippen molar-refractivity contribution in [3.63, 3.8) is 0 Å². The molecule has 0 aliphatic carbocycles. The number of hydrogen-bond donors (Lipinski definition) is 4. The van der Waals surface area contributed by atoms with Crippen LogP contribution in [0, 0.1) is 3.57 Å². The molecule has 31 heavy (non-hydrogen) atoms. The van der Waals surface area contributed by atoms with Gasteiger partial charge in [-0.25, -0.2) is 0 Å². The van der Waals surface area contributed by atoms with Gasteiger partial charge in [0.1, 0.15) is 0 Å². The molecular weight excluding hydrogens is 495 g/mol. The van der Waals surface area contributed by atoms with E-state index in [9.17, 15) is 0 Å². The van der Waals surface area contributed by atoms with Gasteiger partial charge in [-0.05, 0) is 88.9 Å². The molecule has 4 aromatic heterocycles. The Bertz CT molecular complexity index is 1640. The highest BCUT2D eigenvalue weighted by Gasteiger charge is 2.10. The van der Waals surface area contributed by atoms with Crippen molar-refractivity contribution in [3.05, 3.63) is 114 Å². The van der Waals surface area contributed by atoms with E-state index in [4.69, 9.17) is 0 Å². The zero-order chi connectivity index (χ0) is 20.8. The van der Waals surface area contributed by atoms with Gasteiger partial charge in [0.05, 0.1) is 5.35 Å². The summed E-state index contributed by atoms with van der Waals surface area (Å²) in [4.78, 5) is 14.1. The molecule has 0 spiro atoms. The van der Waals surface area contributed by atoms with Crippen LogP contribution in [-0.4, -0.2) is 19.9 Å². The number of rotatable bonds is 1. The molecule has 0 radical (unpaired) electrons. The molecule has 6 rings (SSSR count). The predicted octanol–water partition coefficient (Wildman–Crippen LogP) is 2.90. The maximum absolute atomic E-state index is 3.64. The number of hydrogen-bond acceptors (Lipinski definition) is 0. The second-order valence-corrected chi connectivity index (χ2v) is 8.77. The van der Waals surface area contributed by atoms with E-state index in [1.54, 1.807) is 0 Å². The van der Waals surface area contributed by atoms with E-state index in [2.05, 4.69) is 134 Å². The van der Waals surface area contributed by atoms with Gasteiger partial charge in [0, 0.05) is 48.0 Å². The van der Waals surface area contributed by atoms with Crippen LogP contribution in [0.25, 0.3) is 35.4 Å². The maximum Gasteiger partial charge on any atom is 0.0548 e. The predicted molar refractivity (Wildman–Crippen MR) is 134 cm³/mol. The van der Waals surface area contributed by atoms with Crippen LogP contribution >= 0.6 is 22.6 Å². The molecule has 4 N–H and O–H groups in total. The topological polar surface area (TPSA) is 63.2 Å². The van der Waals surface area contributed by atoms with Crippen LogP contribution in [0.15, 0.2) is 66.7 Å². The first kappa shape index (κ1) is 18.3. The number of aromatic nitrogens is 4. The van der Waals surface area contributed by atoms with Crippen molar-refractivity contribution < 1.29 is 0 Å². The zero-order valence-corrected chi connectivity index (χ0v) is 18.7. The van der Waals surface area contributed by atoms with E-state index >= 15 is 0 Å². The summed E-state index contributed by atoms with van der Waals surface area (Å²) in [5, 5.41) is 4.30. The van der Waals surface area contributed by atoms with Crippen molar-refractivity contribution in [1.29, 1.82) is 0 Å². The fourth-order valence-corrected chi connectivity index (χ4v) is 4.94. The Hall–Kier alpha value is -3.45. The third-order valence-corrected chi connectivity index (χ3v) is 6.59. The van der Waals surface area contributed by atoms with E-state index in [0.717, 1.165) is 44.2 Å². The van der Waals surface area contributed by atoms with E-state index in [1.165, 1.54) is 14.7 Å². The van der Waals surface area contributed by atoms with Gasteiger partial charge < -0.3 is 19.9 Å². The summed E-state index contributed by atoms with van der Waals surface area (Å²) in [6.45, 7) is 0. The number of H-pyrrole nitrogens is 4. The van der Waals surface area contributed by atoms with Gasteiger partial charge in [-0.3, -0.25) is 0 Å². The number of nitrogens with one attached hydrogen (secondary N) is 4. The lowest BCUT2D eigenvalue weighted by Crippen LogP contribution is -2.12. The molecule has 0 saturated carbocycles. The summed E-state index contributed by atoms with van der Waals surface area (Å²) in [5.41, 5.74) is 6.64. The van der Waals surface area contributed by atoms with Crippen LogP contribution in [0.4, 0.5) is 0 Å². The van der Waals surface area contributed by atoms with Gasteiger partial charge in [-0.2, -0.15) is 0 Å². The van der Waals surface area contributed by atoms with Crippen molar-refractivity contribution in [2.75, 3.05) is 0 Å². The van der Waals surface area contributed by atoms with Gasteiger partial charge in [0.15, 0.2) is 0 Å². The molecular formula is C26H19IN4. The molecule has 150 valence electrons. The highest BCUT2D eigenvalue weighted by atomic mass is 127. The van der Waals surface area contributed by atoms with E-state index in [1.807, 2.05) is 0 Å². The van der Waals surface area contributed by atoms with Gasteiger partial charge in [-0.1, -0.05) is 30.3 Å². The zero-order valence-electron chi connectivity index (χ0n) is 16.5. The van der Waals surface area contributed by atoms with Crippen LogP contribution < -0.4 is 21.4 Å². The van der Waals surface area contributed by atoms with E-state index in [-0.39, 0.29) is 0 Å². The monoisotopic (exact) mass is 514 g/mol. The normalized spacial score (nSPS) is 12.4. The van der Waals surface area contributed by atoms with Crippen LogP contribution in [0.3, 0.4) is 0 Å². The Morgan fingerprint density at radius 2 is 1.03 bits per heavy atom. The van der Waals surface area contributed by atoms with Crippen LogP contribution in [-0.2, 0) is 0 Å². The third-order valence-electron chi connectivity index (χ3n) is 5.47. The van der Waals surface area contributed by atoms with Gasteiger partial charge in [-0.15, -0.1) is 0 Å². The Morgan fingerprint density at radius 3 is 1.65 bits per heavy atom. The highest BCUT2D eigenvalue weighted by Crippen LogP contribution is 2.20. The second-order valence-electron chi connectivity index (χ2n) is 7.69. The lowest BCUT2D eigenvalue weighted by Gasteiger charge is -1.99. The molecule has 1 aromatic carbocycles. The molecule has 1 aliphatic heterocycles. The summed E-state index contributed by atoms with van der Waals surface area (Å²) in [6.07, 6.45) is 8.59. The summed E-state index contributed by atoms with van der Waals surface area (Å²) in [6, 6.07) is 23.2. The smallest absolute Gasteiger partial charge is 0.0548 e. The molecule has 0 fully saturated rings. The molecule has 0 amide bonds. The number of halogens is 1. The average Bonchev–Trinajstić information content (AvgIpc) is 3.55. The van der Waals surface area contributed by atoms with Crippen molar-refractivity contribution in [3.8, 4) is 11.1 Å². The first-order valence-electron chi connectivity index (χ1n) is 10.1. The second kappa shape index (κ2) is 7.35. The number of aromatic amines is 4. The molecule has 0 unspecified atom stereocenters. The Labute approximate surface area is 191 Å². The molecule has 5 aromatic rings. The summed E-state index contributed by atoms with van der Waals surface area (Å²) < 4.78 is 1.20. The van der Waals surface area contributed by atoms with Crippen LogP contribution in [0.2, 0.25) is 0 Å². The number of fused-ring (bicyclic) bond motifs is 8. The Balaban J connectivity index is 1.67. The average molecular weight is 514 g/mol. The van der Waals surface area contributed by atoms with Crippen molar-refractivity contribution in [2.45, 2.75) is 0 Å². The third kappa shape index (κ3) is 3.51. The quantitative estimate of drug-likeness (QED) is 0.244. The molecule has 8 bridgehead atoms. The summed E-state index contributed by atoms with van der Waals surface area (Å²) in [5.74, 6) is 0. The SMILES string of the molecule is Ic1c(-c2ccccc2)c2[nH]c1=Cc1ccc([nH]1)C=c1ccc([nH]1)=Cc1ccc([nH]1)C=2. The van der Waals surface area contributed by atoms with E-state index in [0.29, 0.717) is 0 Å². The Morgan fingerprint density at radius 1 is 0.484 bits per heavy atom. The molecule has 5 heteroatoms. The van der Waals surface area contributed by atoms with Crippen molar-refractivity contribution in [1.82, 2.24) is 19.9 Å². The lowest BCUT2D eigenvalue weighted by atomic mass is 10.1. The van der Waals surface area contributed by atoms with E-state index < -0.39 is 0 Å². The van der Waals surface area contributed by atoms with Crippen LogP contribution in [0.1, 0.15) is 22.8 Å². The molecule has 5 heterocycles. The van der Waals surface area contributed by atoms with Gasteiger partial charge in [0.2, 0.25) is 0 Å². The minimum absolute atomic E-state index is 1.06. The summed E-state index contributed by atoms with van der Waals surface area (Å²) in [7, 11) is 0. The standard InChI is InChI=1S/C26H19IN4/c27-26-24-15-22-11-9-20(30-22)13-18-7-6-17(28-18)12-19-8-10-21(29-19)14-23(31-24)25(26)16-4-2-1-3-5-16/h1-15,28-31H. The minimum atomic E-state index is 1.06. The van der Waals surface area contributed by atoms with Crippen molar-refractivity contribution >= 4 is 46.9 Å². The fraction of sp³-hybridized carbons (Fsp3) is 0. The fourth-order valence-electron chi connectivity index (χ4n) is 4.05. The van der Waals surface area contributed by atoms with Crippen molar-refractivity contribution in [2.24, 2.45) is 0 Å². The molecule has 0 saturated heterocycles. The van der Waals surface area contributed by atoms with Crippen LogP contribution in [0.5, 0.6) is 0 Å². The lowest BCUT2D eigenvalue weighted by molar-refractivity contribution is 1.23. The van der Waals surface area contributed by atoms with Gasteiger partial charge >= 0.3 is 0 Å². The maximum atomic E-state index is 3.64. The molecule has 0 atom stereocenters. The number of benzene rings is 1. The minimum Gasteiger partial charge on any atom is -0.355 e.